The molecule has 1 aromatic carbocycles. The van der Waals surface area contributed by atoms with Crippen LogP contribution in [0.1, 0.15) is 18.4 Å². The molecule has 0 radical (unpaired) electrons. The highest BCUT2D eigenvalue weighted by Gasteiger charge is 2.09. The Bertz CT molecular complexity index is 1000. The lowest BCUT2D eigenvalue weighted by atomic mass is 10.1. The van der Waals surface area contributed by atoms with Crippen molar-refractivity contribution in [3.8, 4) is 0 Å². The number of carbonyl (C=O) groups excluding carboxylic acids is 1. The molecule has 3 aromatic heterocycles. The van der Waals surface area contributed by atoms with Gasteiger partial charge in [-0.1, -0.05) is 24.3 Å². The predicted molar refractivity (Wildman–Crippen MR) is 92.9 cm³/mol. The largest absolute Gasteiger partial charge is 0.361 e. The molecule has 3 heterocycles. The molecule has 6 heteroatoms. The SMILES string of the molecule is O=C(CCCc1c[nH]c2ccccc12)Nc1nnc2ccccn12. The lowest BCUT2D eigenvalue weighted by molar-refractivity contribution is -0.116. The standard InChI is InChI=1S/C18H17N5O/c24-17(20-18-22-21-16-9-3-4-11-23(16)18)10-5-6-13-12-19-15-8-2-1-7-14(13)15/h1-4,7-9,11-12,19H,5-6,10H2,(H,20,22,24). The minimum Gasteiger partial charge on any atom is -0.361 e. The van der Waals surface area contributed by atoms with Crippen LogP contribution < -0.4 is 5.32 Å². The summed E-state index contributed by atoms with van der Waals surface area (Å²) in [7, 11) is 0. The Morgan fingerprint density at radius 2 is 2.00 bits per heavy atom. The molecule has 2 N–H and O–H groups in total. The molecule has 0 spiro atoms. The van der Waals surface area contributed by atoms with Crippen molar-refractivity contribution in [2.75, 3.05) is 5.32 Å². The molecule has 24 heavy (non-hydrogen) atoms. The first-order valence-corrected chi connectivity index (χ1v) is 7.96. The van der Waals surface area contributed by atoms with Crippen LogP contribution in [-0.2, 0) is 11.2 Å². The summed E-state index contributed by atoms with van der Waals surface area (Å²) in [5.41, 5.74) is 3.09. The molecule has 4 rings (SSSR count). The molecule has 0 aliphatic rings. The summed E-state index contributed by atoms with van der Waals surface area (Å²) in [5, 5.41) is 12.1. The summed E-state index contributed by atoms with van der Waals surface area (Å²) in [6, 6.07) is 13.8. The molecule has 0 unspecified atom stereocenters. The fourth-order valence-electron chi connectivity index (χ4n) is 2.89. The maximum atomic E-state index is 12.1. The summed E-state index contributed by atoms with van der Waals surface area (Å²) in [6.07, 6.45) is 5.94. The third kappa shape index (κ3) is 2.74. The second-order valence-electron chi connectivity index (χ2n) is 5.71. The molecule has 0 saturated carbocycles. The van der Waals surface area contributed by atoms with Crippen LogP contribution in [0.25, 0.3) is 16.6 Å². The molecule has 0 atom stereocenters. The van der Waals surface area contributed by atoms with E-state index in [1.165, 1.54) is 10.9 Å². The van der Waals surface area contributed by atoms with E-state index in [2.05, 4.69) is 32.6 Å². The third-order valence-corrected chi connectivity index (χ3v) is 4.09. The van der Waals surface area contributed by atoms with Crippen LogP contribution in [0.15, 0.2) is 54.9 Å². The second kappa shape index (κ2) is 6.16. The Labute approximate surface area is 138 Å². The Kier molecular flexibility index (Phi) is 3.70. The van der Waals surface area contributed by atoms with Gasteiger partial charge in [0, 0.05) is 29.7 Å². The van der Waals surface area contributed by atoms with E-state index in [1.807, 2.05) is 42.7 Å². The predicted octanol–water partition coefficient (Wildman–Crippen LogP) is 3.17. The van der Waals surface area contributed by atoms with Crippen molar-refractivity contribution in [2.24, 2.45) is 0 Å². The van der Waals surface area contributed by atoms with Crippen molar-refractivity contribution in [3.63, 3.8) is 0 Å². The number of H-pyrrole nitrogens is 1. The number of aryl methyl sites for hydroxylation is 1. The smallest absolute Gasteiger partial charge is 0.235 e. The van der Waals surface area contributed by atoms with Crippen molar-refractivity contribution >= 4 is 28.4 Å². The molecule has 0 aliphatic carbocycles. The number of hydrogen-bond donors (Lipinski definition) is 2. The van der Waals surface area contributed by atoms with Gasteiger partial charge in [-0.3, -0.25) is 14.5 Å². The van der Waals surface area contributed by atoms with Gasteiger partial charge in [0.2, 0.25) is 11.9 Å². The van der Waals surface area contributed by atoms with Crippen molar-refractivity contribution in [1.29, 1.82) is 0 Å². The summed E-state index contributed by atoms with van der Waals surface area (Å²) < 4.78 is 1.76. The van der Waals surface area contributed by atoms with Gasteiger partial charge in [-0.25, -0.2) is 0 Å². The first-order valence-electron chi connectivity index (χ1n) is 7.96. The normalized spacial score (nSPS) is 11.2. The van der Waals surface area contributed by atoms with Gasteiger partial charge in [-0.05, 0) is 36.6 Å². The number of nitrogens with one attached hydrogen (secondary N) is 2. The van der Waals surface area contributed by atoms with Gasteiger partial charge in [0.05, 0.1) is 0 Å². The Hall–Kier alpha value is -3.15. The number of pyridine rings is 1. The zero-order valence-corrected chi connectivity index (χ0v) is 13.1. The molecule has 120 valence electrons. The zero-order valence-electron chi connectivity index (χ0n) is 13.1. The number of fused-ring (bicyclic) bond motifs is 2. The maximum absolute atomic E-state index is 12.1. The summed E-state index contributed by atoms with van der Waals surface area (Å²) >= 11 is 0. The molecule has 4 aromatic rings. The topological polar surface area (TPSA) is 75.1 Å². The highest BCUT2D eigenvalue weighted by molar-refractivity contribution is 5.89. The van der Waals surface area contributed by atoms with E-state index in [1.54, 1.807) is 4.40 Å². The van der Waals surface area contributed by atoms with E-state index < -0.39 is 0 Å². The number of aromatic nitrogens is 4. The summed E-state index contributed by atoms with van der Waals surface area (Å²) in [5.74, 6) is 0.413. The molecule has 1 amide bonds. The first-order chi connectivity index (χ1) is 11.8. The summed E-state index contributed by atoms with van der Waals surface area (Å²) in [4.78, 5) is 15.4. The fraction of sp³-hybridized carbons (Fsp3) is 0.167. The monoisotopic (exact) mass is 319 g/mol. The fourth-order valence-corrected chi connectivity index (χ4v) is 2.89. The van der Waals surface area contributed by atoms with Gasteiger partial charge in [-0.2, -0.15) is 0 Å². The van der Waals surface area contributed by atoms with Crippen LogP contribution >= 0.6 is 0 Å². The highest BCUT2D eigenvalue weighted by atomic mass is 16.1. The van der Waals surface area contributed by atoms with E-state index in [0.29, 0.717) is 18.0 Å². The van der Waals surface area contributed by atoms with Crippen LogP contribution in [-0.4, -0.2) is 25.5 Å². The van der Waals surface area contributed by atoms with Crippen LogP contribution in [0.5, 0.6) is 0 Å². The number of benzene rings is 1. The van der Waals surface area contributed by atoms with Crippen molar-refractivity contribution in [2.45, 2.75) is 19.3 Å². The number of nitrogens with zero attached hydrogens (tertiary/aromatic N) is 3. The molecule has 0 fully saturated rings. The van der Waals surface area contributed by atoms with E-state index in [0.717, 1.165) is 18.4 Å². The maximum Gasteiger partial charge on any atom is 0.235 e. The molecule has 0 saturated heterocycles. The highest BCUT2D eigenvalue weighted by Crippen LogP contribution is 2.19. The van der Waals surface area contributed by atoms with Crippen LogP contribution in [0.4, 0.5) is 5.95 Å². The van der Waals surface area contributed by atoms with Crippen molar-refractivity contribution < 1.29 is 4.79 Å². The second-order valence-corrected chi connectivity index (χ2v) is 5.71. The number of hydrogen-bond acceptors (Lipinski definition) is 3. The minimum absolute atomic E-state index is 0.0482. The molecular weight excluding hydrogens is 302 g/mol. The van der Waals surface area contributed by atoms with Gasteiger partial charge in [0.1, 0.15) is 0 Å². The van der Waals surface area contributed by atoms with Crippen LogP contribution in [0, 0.1) is 0 Å². The van der Waals surface area contributed by atoms with Crippen LogP contribution in [0.3, 0.4) is 0 Å². The van der Waals surface area contributed by atoms with Gasteiger partial charge in [-0.15, -0.1) is 10.2 Å². The number of anilines is 1. The van der Waals surface area contributed by atoms with Gasteiger partial charge in [0.25, 0.3) is 0 Å². The number of para-hydroxylation sites is 1. The Balaban J connectivity index is 1.37. The van der Waals surface area contributed by atoms with E-state index in [4.69, 9.17) is 0 Å². The lowest BCUT2D eigenvalue weighted by Crippen LogP contribution is -2.13. The lowest BCUT2D eigenvalue weighted by Gasteiger charge is -2.03. The molecule has 0 bridgehead atoms. The number of amides is 1. The average Bonchev–Trinajstić information content (AvgIpc) is 3.20. The van der Waals surface area contributed by atoms with Crippen molar-refractivity contribution in [1.82, 2.24) is 19.6 Å². The zero-order chi connectivity index (χ0) is 16.4. The molecular formula is C18H17N5O. The number of rotatable bonds is 5. The first kappa shape index (κ1) is 14.4. The molecule has 0 aliphatic heterocycles. The van der Waals surface area contributed by atoms with E-state index in [9.17, 15) is 4.79 Å². The Morgan fingerprint density at radius 1 is 1.12 bits per heavy atom. The third-order valence-electron chi connectivity index (χ3n) is 4.09. The quantitative estimate of drug-likeness (QED) is 0.593. The van der Waals surface area contributed by atoms with Gasteiger partial charge in [0.15, 0.2) is 5.65 Å². The van der Waals surface area contributed by atoms with Crippen molar-refractivity contribution in [3.05, 3.63) is 60.4 Å². The average molecular weight is 319 g/mol. The van der Waals surface area contributed by atoms with Gasteiger partial charge >= 0.3 is 0 Å². The minimum atomic E-state index is -0.0482. The Morgan fingerprint density at radius 3 is 2.96 bits per heavy atom. The number of carbonyl (C=O) groups is 1. The van der Waals surface area contributed by atoms with E-state index in [-0.39, 0.29) is 5.91 Å². The number of aromatic amines is 1. The molecule has 6 nitrogen and oxygen atoms in total. The van der Waals surface area contributed by atoms with E-state index >= 15 is 0 Å². The van der Waals surface area contributed by atoms with Gasteiger partial charge < -0.3 is 4.98 Å². The summed E-state index contributed by atoms with van der Waals surface area (Å²) in [6.45, 7) is 0. The van der Waals surface area contributed by atoms with Crippen LogP contribution in [0.2, 0.25) is 0 Å².